The van der Waals surface area contributed by atoms with Crippen LogP contribution < -0.4 is 0 Å². The highest BCUT2D eigenvalue weighted by Crippen LogP contribution is 2.25. The monoisotopic (exact) mass is 176 g/mol. The smallest absolute Gasteiger partial charge is 0.300 e. The lowest BCUT2D eigenvalue weighted by Crippen LogP contribution is -1.97. The van der Waals surface area contributed by atoms with Crippen molar-refractivity contribution in [2.45, 2.75) is 38.9 Å². The van der Waals surface area contributed by atoms with Crippen LogP contribution in [-0.2, 0) is 9.53 Å². The minimum atomic E-state index is -0.833. The van der Waals surface area contributed by atoms with Crippen molar-refractivity contribution in [1.82, 2.24) is 0 Å². The third kappa shape index (κ3) is 6.12. The van der Waals surface area contributed by atoms with Crippen molar-refractivity contribution < 1.29 is 19.7 Å². The summed E-state index contributed by atoms with van der Waals surface area (Å²) < 4.78 is 5.06. The van der Waals surface area contributed by atoms with Gasteiger partial charge in [0.2, 0.25) is 0 Å². The van der Waals surface area contributed by atoms with Crippen LogP contribution in [-0.4, -0.2) is 35.0 Å². The van der Waals surface area contributed by atoms with Crippen LogP contribution in [0.1, 0.15) is 26.7 Å². The number of ether oxygens (including phenoxy) is 1. The summed E-state index contributed by atoms with van der Waals surface area (Å²) in [6.45, 7) is 3.40. The van der Waals surface area contributed by atoms with Crippen LogP contribution in [0.15, 0.2) is 0 Å². The number of epoxide rings is 1. The topological polar surface area (TPSA) is 70.1 Å². The second-order valence-electron chi connectivity index (χ2n) is 2.70. The molecule has 72 valence electrons. The van der Waals surface area contributed by atoms with Crippen molar-refractivity contribution in [1.29, 1.82) is 0 Å². The Kier molecular flexibility index (Phi) is 5.66. The quantitative estimate of drug-likeness (QED) is 0.619. The number of carboxylic acid groups (broad SMARTS) is 1. The molecule has 2 N–H and O–H groups in total. The molecule has 0 saturated carbocycles. The van der Waals surface area contributed by atoms with Gasteiger partial charge in [-0.3, -0.25) is 4.79 Å². The number of aliphatic hydroxyl groups excluding tert-OH is 1. The zero-order valence-electron chi connectivity index (χ0n) is 7.49. The summed E-state index contributed by atoms with van der Waals surface area (Å²) in [5.74, 6) is -0.833. The highest BCUT2D eigenvalue weighted by Gasteiger charge is 2.36. The number of aliphatic hydroxyl groups is 1. The SMILES string of the molecule is CC(=O)O.CCC[C@H]1O[C@H]1CO. The molecule has 0 bridgehead atoms. The van der Waals surface area contributed by atoms with Gasteiger partial charge < -0.3 is 14.9 Å². The maximum Gasteiger partial charge on any atom is 0.300 e. The number of carboxylic acids is 1. The van der Waals surface area contributed by atoms with Crippen molar-refractivity contribution in [3.05, 3.63) is 0 Å². The molecule has 1 saturated heterocycles. The second kappa shape index (κ2) is 5.97. The van der Waals surface area contributed by atoms with E-state index in [4.69, 9.17) is 19.7 Å². The molecule has 0 aromatic rings. The van der Waals surface area contributed by atoms with Crippen LogP contribution in [0.25, 0.3) is 0 Å². The van der Waals surface area contributed by atoms with Gasteiger partial charge in [0, 0.05) is 6.92 Å². The van der Waals surface area contributed by atoms with Gasteiger partial charge in [0.25, 0.3) is 5.97 Å². The molecule has 0 amide bonds. The number of aliphatic carboxylic acids is 1. The van der Waals surface area contributed by atoms with Crippen molar-refractivity contribution >= 4 is 5.97 Å². The lowest BCUT2D eigenvalue weighted by atomic mass is 10.2. The normalized spacial score (nSPS) is 25.6. The van der Waals surface area contributed by atoms with Gasteiger partial charge in [-0.1, -0.05) is 13.3 Å². The highest BCUT2D eigenvalue weighted by molar-refractivity contribution is 5.62. The Morgan fingerprint density at radius 2 is 2.00 bits per heavy atom. The van der Waals surface area contributed by atoms with Gasteiger partial charge in [0.15, 0.2) is 0 Å². The highest BCUT2D eigenvalue weighted by atomic mass is 16.6. The molecule has 0 radical (unpaired) electrons. The van der Waals surface area contributed by atoms with Gasteiger partial charge in [-0.25, -0.2) is 0 Å². The second-order valence-corrected chi connectivity index (χ2v) is 2.70. The summed E-state index contributed by atoms with van der Waals surface area (Å²) in [7, 11) is 0. The summed E-state index contributed by atoms with van der Waals surface area (Å²) in [5, 5.41) is 15.9. The zero-order chi connectivity index (χ0) is 9.56. The Balaban J connectivity index is 0.000000261. The van der Waals surface area contributed by atoms with Crippen LogP contribution in [0.3, 0.4) is 0 Å². The molecule has 1 fully saturated rings. The Labute approximate surface area is 72.2 Å². The van der Waals surface area contributed by atoms with E-state index in [1.54, 1.807) is 0 Å². The molecule has 0 aliphatic carbocycles. The first-order chi connectivity index (χ1) is 5.61. The fraction of sp³-hybridized carbons (Fsp3) is 0.875. The van der Waals surface area contributed by atoms with Gasteiger partial charge in [-0.15, -0.1) is 0 Å². The molecule has 0 spiro atoms. The van der Waals surface area contributed by atoms with Crippen molar-refractivity contribution in [3.63, 3.8) is 0 Å². The zero-order valence-corrected chi connectivity index (χ0v) is 7.49. The first-order valence-electron chi connectivity index (χ1n) is 4.07. The van der Waals surface area contributed by atoms with Gasteiger partial charge >= 0.3 is 0 Å². The largest absolute Gasteiger partial charge is 0.481 e. The van der Waals surface area contributed by atoms with E-state index in [0.29, 0.717) is 6.10 Å². The predicted molar refractivity (Wildman–Crippen MR) is 44.0 cm³/mol. The lowest BCUT2D eigenvalue weighted by molar-refractivity contribution is -0.134. The van der Waals surface area contributed by atoms with E-state index in [-0.39, 0.29) is 12.7 Å². The number of hydrogen-bond acceptors (Lipinski definition) is 3. The summed E-state index contributed by atoms with van der Waals surface area (Å²) in [4.78, 5) is 9.00. The minimum absolute atomic E-state index is 0.176. The maximum absolute atomic E-state index is 9.00. The molecule has 4 heteroatoms. The fourth-order valence-electron chi connectivity index (χ4n) is 0.878. The summed E-state index contributed by atoms with van der Waals surface area (Å²) in [6.07, 6.45) is 2.81. The Hall–Kier alpha value is -0.610. The molecule has 0 aromatic carbocycles. The first kappa shape index (κ1) is 11.4. The van der Waals surface area contributed by atoms with E-state index in [1.807, 2.05) is 0 Å². The van der Waals surface area contributed by atoms with Crippen LogP contribution in [0.2, 0.25) is 0 Å². The van der Waals surface area contributed by atoms with E-state index in [0.717, 1.165) is 19.8 Å². The van der Waals surface area contributed by atoms with Crippen LogP contribution in [0.5, 0.6) is 0 Å². The summed E-state index contributed by atoms with van der Waals surface area (Å²) in [6, 6.07) is 0. The number of rotatable bonds is 3. The van der Waals surface area contributed by atoms with E-state index >= 15 is 0 Å². The van der Waals surface area contributed by atoms with E-state index < -0.39 is 5.97 Å². The molecule has 2 atom stereocenters. The van der Waals surface area contributed by atoms with Crippen molar-refractivity contribution in [2.24, 2.45) is 0 Å². The minimum Gasteiger partial charge on any atom is -0.481 e. The molecule has 1 aliphatic rings. The van der Waals surface area contributed by atoms with Crippen LogP contribution in [0, 0.1) is 0 Å². The fourth-order valence-corrected chi connectivity index (χ4v) is 0.878. The average molecular weight is 176 g/mol. The molecule has 1 aliphatic heterocycles. The van der Waals surface area contributed by atoms with Crippen molar-refractivity contribution in [2.75, 3.05) is 6.61 Å². The first-order valence-corrected chi connectivity index (χ1v) is 4.07. The van der Waals surface area contributed by atoms with E-state index in [9.17, 15) is 0 Å². The third-order valence-electron chi connectivity index (χ3n) is 1.44. The Morgan fingerprint density at radius 1 is 1.50 bits per heavy atom. The molecule has 12 heavy (non-hydrogen) atoms. The Morgan fingerprint density at radius 3 is 2.25 bits per heavy atom. The lowest BCUT2D eigenvalue weighted by Gasteiger charge is -1.84. The van der Waals surface area contributed by atoms with Crippen molar-refractivity contribution in [3.8, 4) is 0 Å². The average Bonchev–Trinajstić information content (AvgIpc) is 2.67. The number of hydrogen-bond donors (Lipinski definition) is 2. The summed E-state index contributed by atoms with van der Waals surface area (Å²) >= 11 is 0. The molecule has 0 aromatic heterocycles. The number of carbonyl (C=O) groups is 1. The molecule has 1 rings (SSSR count). The van der Waals surface area contributed by atoms with Gasteiger partial charge in [-0.2, -0.15) is 0 Å². The predicted octanol–water partition coefficient (Wildman–Crippen LogP) is 0.637. The molecule has 4 nitrogen and oxygen atoms in total. The summed E-state index contributed by atoms with van der Waals surface area (Å²) in [5.41, 5.74) is 0. The van der Waals surface area contributed by atoms with Crippen LogP contribution >= 0.6 is 0 Å². The third-order valence-corrected chi connectivity index (χ3v) is 1.44. The van der Waals surface area contributed by atoms with Gasteiger partial charge in [0.05, 0.1) is 12.7 Å². The molecular formula is C8H16O4. The standard InChI is InChI=1S/C6H12O2.C2H4O2/c1-2-3-5-6(4-7)8-5;1-2(3)4/h5-7H,2-4H2,1H3;1H3,(H,3,4)/t5-,6+;/m1./s1. The van der Waals surface area contributed by atoms with Gasteiger partial charge in [-0.05, 0) is 6.42 Å². The molecule has 1 heterocycles. The van der Waals surface area contributed by atoms with Gasteiger partial charge in [0.1, 0.15) is 6.10 Å². The van der Waals surface area contributed by atoms with Crippen LogP contribution in [0.4, 0.5) is 0 Å². The van der Waals surface area contributed by atoms with E-state index in [2.05, 4.69) is 6.92 Å². The maximum atomic E-state index is 9.00. The molecular weight excluding hydrogens is 160 g/mol. The Bertz CT molecular complexity index is 131. The molecule has 0 unspecified atom stereocenters. The van der Waals surface area contributed by atoms with E-state index in [1.165, 1.54) is 0 Å².